The number of benzene rings is 1. The van der Waals surface area contributed by atoms with Gasteiger partial charge in [-0.15, -0.1) is 0 Å². The average molecular weight is 359 g/mol. The molecule has 0 fully saturated rings. The summed E-state index contributed by atoms with van der Waals surface area (Å²) < 4.78 is 3.92. The van der Waals surface area contributed by atoms with Crippen molar-refractivity contribution in [3.63, 3.8) is 0 Å². The van der Waals surface area contributed by atoms with E-state index in [0.29, 0.717) is 11.8 Å². The van der Waals surface area contributed by atoms with Gasteiger partial charge in [0.1, 0.15) is 0 Å². The predicted octanol–water partition coefficient (Wildman–Crippen LogP) is 3.42. The Labute approximate surface area is 120 Å². The molecule has 3 rings (SSSR count). The number of allylic oxidation sites excluding steroid dienone is 4. The topological polar surface area (TPSA) is 3.01 Å². The molecule has 1 aliphatic heterocycles. The van der Waals surface area contributed by atoms with Gasteiger partial charge in [0.2, 0.25) is 0 Å². The first-order chi connectivity index (χ1) is 8.97. The Bertz CT molecular complexity index is 602. The van der Waals surface area contributed by atoms with Crippen molar-refractivity contribution in [2.75, 3.05) is 7.05 Å². The van der Waals surface area contributed by atoms with Crippen molar-refractivity contribution < 1.29 is 4.58 Å². The summed E-state index contributed by atoms with van der Waals surface area (Å²) in [6, 6.07) is 7.18. The number of hydrogen-bond acceptors (Lipinski definition) is 0. The molecule has 1 nitrogen and oxygen atoms in total. The molecule has 19 heavy (non-hydrogen) atoms. The van der Waals surface area contributed by atoms with E-state index < -0.39 is 18.4 Å². The van der Waals surface area contributed by atoms with Crippen LogP contribution in [0.15, 0.2) is 42.5 Å². The number of nitrogens with zero attached hydrogens (tertiary/aromatic N) is 1. The summed E-state index contributed by atoms with van der Waals surface area (Å²) in [6.07, 6.45) is 11.4. The molecule has 1 aliphatic carbocycles. The molecule has 0 saturated carbocycles. The van der Waals surface area contributed by atoms with E-state index in [1.807, 2.05) is 0 Å². The SMILES string of the molecule is C[N+]1=CC2C=CC=CC2c2c[c]([Sn]([CH3])([CH3])[CH3])ccc21. The van der Waals surface area contributed by atoms with E-state index in [1.165, 1.54) is 11.3 Å². The Hall–Kier alpha value is -0.831. The summed E-state index contributed by atoms with van der Waals surface area (Å²) in [4.78, 5) is 7.47. The van der Waals surface area contributed by atoms with Gasteiger partial charge in [-0.1, -0.05) is 0 Å². The summed E-state index contributed by atoms with van der Waals surface area (Å²) in [5.41, 5.74) is 2.89. The summed E-state index contributed by atoms with van der Waals surface area (Å²) in [5.74, 6) is 1.05. The third kappa shape index (κ3) is 2.33. The van der Waals surface area contributed by atoms with Gasteiger partial charge in [-0.05, 0) is 0 Å². The molecular weight excluding hydrogens is 337 g/mol. The minimum absolute atomic E-state index is 0.521. The number of fused-ring (bicyclic) bond motifs is 3. The van der Waals surface area contributed by atoms with Crippen LogP contribution in [0.4, 0.5) is 5.69 Å². The molecule has 0 N–H and O–H groups in total. The standard InChI is InChI=1S/C14H13N.3CH3.Sn/c1-15-10-11-6-2-3-7-12(11)13-8-4-5-9-14(13)15;;;;/h2-3,5-12H,1H3;3*1H3;/q+1;;;;. The van der Waals surface area contributed by atoms with Gasteiger partial charge in [-0.2, -0.15) is 0 Å². The van der Waals surface area contributed by atoms with Crippen LogP contribution < -0.4 is 3.58 Å². The average Bonchev–Trinajstić information content (AvgIpc) is 2.37. The van der Waals surface area contributed by atoms with Crippen LogP contribution in [-0.2, 0) is 0 Å². The Morgan fingerprint density at radius 1 is 1.05 bits per heavy atom. The number of rotatable bonds is 1. The van der Waals surface area contributed by atoms with Crippen LogP contribution in [0.5, 0.6) is 0 Å². The molecule has 2 atom stereocenters. The van der Waals surface area contributed by atoms with E-state index in [1.54, 1.807) is 3.58 Å². The second-order valence-corrected chi connectivity index (χ2v) is 21.1. The molecule has 2 heteroatoms. The molecule has 98 valence electrons. The van der Waals surface area contributed by atoms with Crippen LogP contribution in [0.2, 0.25) is 14.8 Å². The van der Waals surface area contributed by atoms with E-state index >= 15 is 0 Å². The maximum absolute atomic E-state index is 2.50. The molecule has 0 amide bonds. The van der Waals surface area contributed by atoms with Crippen molar-refractivity contribution in [2.45, 2.75) is 20.7 Å². The molecular formula is C17H22NSn+. The van der Waals surface area contributed by atoms with Gasteiger partial charge in [-0.3, -0.25) is 0 Å². The molecule has 2 aliphatic rings. The molecule has 2 unspecified atom stereocenters. The third-order valence-electron chi connectivity index (χ3n) is 4.21. The van der Waals surface area contributed by atoms with Crippen molar-refractivity contribution in [1.29, 1.82) is 0 Å². The zero-order chi connectivity index (χ0) is 13.6. The van der Waals surface area contributed by atoms with Crippen LogP contribution >= 0.6 is 0 Å². The first-order valence-corrected chi connectivity index (χ1v) is 17.0. The zero-order valence-corrected chi connectivity index (χ0v) is 15.1. The van der Waals surface area contributed by atoms with Gasteiger partial charge in [0.05, 0.1) is 0 Å². The van der Waals surface area contributed by atoms with Crippen LogP contribution in [0.3, 0.4) is 0 Å². The first-order valence-electron chi connectivity index (χ1n) is 7.04. The Kier molecular flexibility index (Phi) is 3.20. The summed E-state index contributed by atoms with van der Waals surface area (Å²) >= 11 is -1.98. The molecule has 0 spiro atoms. The van der Waals surface area contributed by atoms with Gasteiger partial charge in [0, 0.05) is 0 Å². The van der Waals surface area contributed by atoms with E-state index in [0.717, 1.165) is 0 Å². The van der Waals surface area contributed by atoms with Crippen LogP contribution in [0.1, 0.15) is 11.5 Å². The van der Waals surface area contributed by atoms with E-state index in [4.69, 9.17) is 0 Å². The quantitative estimate of drug-likeness (QED) is 0.534. The fourth-order valence-corrected chi connectivity index (χ4v) is 6.37. The minimum atomic E-state index is -1.98. The maximum atomic E-state index is 2.50. The van der Waals surface area contributed by atoms with Crippen molar-refractivity contribution >= 4 is 33.9 Å². The first kappa shape index (κ1) is 13.2. The fraction of sp³-hybridized carbons (Fsp3) is 0.353. The van der Waals surface area contributed by atoms with E-state index in [-0.39, 0.29) is 0 Å². The molecule has 1 aromatic carbocycles. The normalized spacial score (nSPS) is 24.7. The second kappa shape index (κ2) is 4.62. The Morgan fingerprint density at radius 3 is 2.53 bits per heavy atom. The van der Waals surface area contributed by atoms with Crippen molar-refractivity contribution in [3.05, 3.63) is 48.1 Å². The van der Waals surface area contributed by atoms with Crippen LogP contribution in [-0.4, -0.2) is 36.2 Å². The molecule has 0 saturated heterocycles. The summed E-state index contributed by atoms with van der Waals surface area (Å²) in [7, 11) is 2.17. The van der Waals surface area contributed by atoms with Gasteiger partial charge in [0.15, 0.2) is 0 Å². The fourth-order valence-electron chi connectivity index (χ4n) is 3.03. The number of hydrogen-bond donors (Lipinski definition) is 0. The summed E-state index contributed by atoms with van der Waals surface area (Å²) in [6.45, 7) is 0. The Morgan fingerprint density at radius 2 is 1.79 bits per heavy atom. The van der Waals surface area contributed by atoms with E-state index in [2.05, 4.69) is 75.2 Å². The van der Waals surface area contributed by atoms with Gasteiger partial charge in [-0.25, -0.2) is 0 Å². The van der Waals surface area contributed by atoms with Gasteiger partial charge >= 0.3 is 120 Å². The van der Waals surface area contributed by atoms with Crippen molar-refractivity contribution in [1.82, 2.24) is 0 Å². The summed E-state index contributed by atoms with van der Waals surface area (Å²) in [5, 5.41) is 0. The zero-order valence-electron chi connectivity index (χ0n) is 12.2. The predicted molar refractivity (Wildman–Crippen MR) is 85.8 cm³/mol. The molecule has 0 aromatic heterocycles. The van der Waals surface area contributed by atoms with Crippen molar-refractivity contribution in [2.24, 2.45) is 5.92 Å². The van der Waals surface area contributed by atoms with Crippen LogP contribution in [0, 0.1) is 5.92 Å². The van der Waals surface area contributed by atoms with E-state index in [9.17, 15) is 0 Å². The third-order valence-corrected chi connectivity index (χ3v) is 10.0. The Balaban J connectivity index is 2.16. The van der Waals surface area contributed by atoms with Gasteiger partial charge < -0.3 is 0 Å². The second-order valence-electron chi connectivity index (χ2n) is 6.66. The monoisotopic (exact) mass is 360 g/mol. The van der Waals surface area contributed by atoms with Crippen LogP contribution in [0.25, 0.3) is 0 Å². The van der Waals surface area contributed by atoms with Crippen molar-refractivity contribution in [3.8, 4) is 0 Å². The molecule has 0 radical (unpaired) electrons. The molecule has 1 aromatic rings. The molecule has 1 heterocycles. The van der Waals surface area contributed by atoms with Gasteiger partial charge in [0.25, 0.3) is 0 Å². The molecule has 0 bridgehead atoms.